The summed E-state index contributed by atoms with van der Waals surface area (Å²) in [4.78, 5) is 16.3. The standard InChI is InChI=1S/C18H14ClNO5S/c19-12-7-11(8-15-17(12)23-6-5-22-15)9-24-16(21)10-26-18-20-13-3-1-2-4-14(13)25-18/h1-4,7-8H,5-6,9-10H2. The molecule has 0 spiro atoms. The number of esters is 1. The minimum atomic E-state index is -0.372. The molecule has 0 fully saturated rings. The molecule has 3 aromatic rings. The van der Waals surface area contributed by atoms with Crippen LogP contribution >= 0.6 is 23.4 Å². The van der Waals surface area contributed by atoms with Crippen LogP contribution in [0.2, 0.25) is 5.02 Å². The van der Waals surface area contributed by atoms with Gasteiger partial charge in [0.25, 0.3) is 5.22 Å². The van der Waals surface area contributed by atoms with E-state index >= 15 is 0 Å². The van der Waals surface area contributed by atoms with Gasteiger partial charge in [-0.3, -0.25) is 4.79 Å². The van der Waals surface area contributed by atoms with Crippen LogP contribution in [0.5, 0.6) is 11.5 Å². The number of para-hydroxylation sites is 2. The van der Waals surface area contributed by atoms with Crippen LogP contribution in [0.4, 0.5) is 0 Å². The van der Waals surface area contributed by atoms with Crippen LogP contribution in [-0.2, 0) is 16.1 Å². The quantitative estimate of drug-likeness (QED) is 0.479. The van der Waals surface area contributed by atoms with Gasteiger partial charge in [0, 0.05) is 0 Å². The van der Waals surface area contributed by atoms with Gasteiger partial charge in [-0.05, 0) is 29.8 Å². The van der Waals surface area contributed by atoms with Gasteiger partial charge in [-0.25, -0.2) is 4.98 Å². The van der Waals surface area contributed by atoms with E-state index in [9.17, 15) is 4.79 Å². The van der Waals surface area contributed by atoms with Gasteiger partial charge < -0.3 is 18.6 Å². The fraction of sp³-hybridized carbons (Fsp3) is 0.222. The molecule has 0 atom stereocenters. The third kappa shape index (κ3) is 3.73. The molecule has 4 rings (SSSR count). The van der Waals surface area contributed by atoms with E-state index in [1.54, 1.807) is 12.1 Å². The molecule has 6 nitrogen and oxygen atoms in total. The number of nitrogens with zero attached hydrogens (tertiary/aromatic N) is 1. The van der Waals surface area contributed by atoms with Gasteiger partial charge in [0.05, 0.1) is 5.02 Å². The maximum absolute atomic E-state index is 12.0. The van der Waals surface area contributed by atoms with Gasteiger partial charge in [-0.15, -0.1) is 0 Å². The second-order valence-electron chi connectivity index (χ2n) is 5.50. The topological polar surface area (TPSA) is 70.8 Å². The average Bonchev–Trinajstić information content (AvgIpc) is 3.08. The van der Waals surface area contributed by atoms with E-state index < -0.39 is 0 Å². The number of hydrogen-bond donors (Lipinski definition) is 0. The van der Waals surface area contributed by atoms with Gasteiger partial charge in [0.2, 0.25) is 0 Å². The zero-order valence-electron chi connectivity index (χ0n) is 13.6. The monoisotopic (exact) mass is 391 g/mol. The second kappa shape index (κ2) is 7.47. The van der Waals surface area contributed by atoms with Crippen LogP contribution in [0, 0.1) is 0 Å². The summed E-state index contributed by atoms with van der Waals surface area (Å²) >= 11 is 7.36. The van der Waals surface area contributed by atoms with E-state index in [1.807, 2.05) is 24.3 Å². The first-order chi connectivity index (χ1) is 12.7. The maximum Gasteiger partial charge on any atom is 0.316 e. The van der Waals surface area contributed by atoms with Crippen LogP contribution < -0.4 is 9.47 Å². The molecular formula is C18H14ClNO5S. The van der Waals surface area contributed by atoms with E-state index in [0.29, 0.717) is 40.5 Å². The Labute approximate surface area is 158 Å². The van der Waals surface area contributed by atoms with Gasteiger partial charge >= 0.3 is 5.97 Å². The molecule has 0 amide bonds. The number of benzene rings is 2. The SMILES string of the molecule is O=C(CSc1nc2ccccc2o1)OCc1cc(Cl)c2c(c1)OCCO2. The van der Waals surface area contributed by atoms with E-state index in [1.165, 1.54) is 11.8 Å². The van der Waals surface area contributed by atoms with Crippen LogP contribution in [0.3, 0.4) is 0 Å². The molecule has 26 heavy (non-hydrogen) atoms. The minimum absolute atomic E-state index is 0.101. The van der Waals surface area contributed by atoms with Gasteiger partial charge in [0.1, 0.15) is 31.1 Å². The first-order valence-electron chi connectivity index (χ1n) is 7.91. The Balaban J connectivity index is 1.33. The minimum Gasteiger partial charge on any atom is -0.486 e. The normalized spacial score (nSPS) is 13.0. The molecule has 0 radical (unpaired) electrons. The van der Waals surface area contributed by atoms with Crippen LogP contribution in [0.1, 0.15) is 5.56 Å². The number of carbonyl (C=O) groups is 1. The van der Waals surface area contributed by atoms with E-state index in [-0.39, 0.29) is 18.3 Å². The maximum atomic E-state index is 12.0. The summed E-state index contributed by atoms with van der Waals surface area (Å²) in [6.45, 7) is 1.03. The highest BCUT2D eigenvalue weighted by molar-refractivity contribution is 7.99. The van der Waals surface area contributed by atoms with Crippen molar-refractivity contribution in [3.63, 3.8) is 0 Å². The molecule has 1 aliphatic heterocycles. The van der Waals surface area contributed by atoms with Crippen molar-refractivity contribution in [2.24, 2.45) is 0 Å². The molecule has 2 aromatic carbocycles. The zero-order chi connectivity index (χ0) is 17.9. The lowest BCUT2D eigenvalue weighted by Gasteiger charge is -2.20. The van der Waals surface area contributed by atoms with Gasteiger partial charge in [0.15, 0.2) is 17.1 Å². The number of halogens is 1. The lowest BCUT2D eigenvalue weighted by atomic mass is 10.2. The molecular weight excluding hydrogens is 378 g/mol. The predicted octanol–water partition coefficient (Wildman–Crippen LogP) is 4.09. The first-order valence-corrected chi connectivity index (χ1v) is 9.27. The van der Waals surface area contributed by atoms with Crippen molar-refractivity contribution < 1.29 is 23.4 Å². The molecule has 1 aromatic heterocycles. The van der Waals surface area contributed by atoms with E-state index in [2.05, 4.69) is 4.98 Å². The Morgan fingerprint density at radius 2 is 2.08 bits per heavy atom. The van der Waals surface area contributed by atoms with Crippen molar-refractivity contribution in [2.75, 3.05) is 19.0 Å². The van der Waals surface area contributed by atoms with Crippen molar-refractivity contribution in [3.05, 3.63) is 47.0 Å². The Bertz CT molecular complexity index is 925. The van der Waals surface area contributed by atoms with Gasteiger partial charge in [-0.2, -0.15) is 0 Å². The van der Waals surface area contributed by atoms with Crippen LogP contribution in [0.15, 0.2) is 46.0 Å². The summed E-state index contributed by atoms with van der Waals surface area (Å²) in [5.74, 6) is 0.823. The van der Waals surface area contributed by atoms with Crippen molar-refractivity contribution in [2.45, 2.75) is 11.8 Å². The molecule has 0 saturated heterocycles. The molecule has 2 heterocycles. The van der Waals surface area contributed by atoms with Crippen LogP contribution in [-0.4, -0.2) is 29.9 Å². The smallest absolute Gasteiger partial charge is 0.316 e. The summed E-state index contributed by atoms with van der Waals surface area (Å²) < 4.78 is 21.8. The Kier molecular flexibility index (Phi) is 4.90. The fourth-order valence-corrected chi connectivity index (χ4v) is 3.41. The predicted molar refractivity (Wildman–Crippen MR) is 97.0 cm³/mol. The van der Waals surface area contributed by atoms with E-state index in [0.717, 1.165) is 11.1 Å². The first kappa shape index (κ1) is 17.1. The number of fused-ring (bicyclic) bond motifs is 2. The molecule has 134 valence electrons. The average molecular weight is 392 g/mol. The number of ether oxygens (including phenoxy) is 3. The number of oxazole rings is 1. The number of carbonyl (C=O) groups excluding carboxylic acids is 1. The Morgan fingerprint density at radius 3 is 2.96 bits per heavy atom. The lowest BCUT2D eigenvalue weighted by Crippen LogP contribution is -2.16. The molecule has 8 heteroatoms. The third-order valence-electron chi connectivity index (χ3n) is 3.64. The summed E-state index contributed by atoms with van der Waals surface area (Å²) in [5, 5.41) is 0.875. The summed E-state index contributed by atoms with van der Waals surface area (Å²) in [6.07, 6.45) is 0. The highest BCUT2D eigenvalue weighted by Crippen LogP contribution is 2.38. The Morgan fingerprint density at radius 1 is 1.23 bits per heavy atom. The highest BCUT2D eigenvalue weighted by Gasteiger charge is 2.17. The highest BCUT2D eigenvalue weighted by atomic mass is 35.5. The summed E-state index contributed by atoms with van der Waals surface area (Å²) in [6, 6.07) is 10.9. The van der Waals surface area contributed by atoms with Crippen molar-refractivity contribution in [1.82, 2.24) is 4.98 Å². The molecule has 0 bridgehead atoms. The summed E-state index contributed by atoms with van der Waals surface area (Å²) in [7, 11) is 0. The number of aromatic nitrogens is 1. The third-order valence-corrected chi connectivity index (χ3v) is 4.73. The molecule has 0 N–H and O–H groups in total. The van der Waals surface area contributed by atoms with Crippen LogP contribution in [0.25, 0.3) is 11.1 Å². The number of hydrogen-bond acceptors (Lipinski definition) is 7. The van der Waals surface area contributed by atoms with Crippen molar-refractivity contribution >= 4 is 40.4 Å². The molecule has 1 aliphatic rings. The molecule has 0 unspecified atom stereocenters. The Hall–Kier alpha value is -2.38. The second-order valence-corrected chi connectivity index (χ2v) is 6.83. The largest absolute Gasteiger partial charge is 0.486 e. The van der Waals surface area contributed by atoms with Crippen molar-refractivity contribution in [1.29, 1.82) is 0 Å². The lowest BCUT2D eigenvalue weighted by molar-refractivity contribution is -0.141. The number of rotatable bonds is 5. The van der Waals surface area contributed by atoms with Gasteiger partial charge in [-0.1, -0.05) is 35.5 Å². The fourth-order valence-electron chi connectivity index (χ4n) is 2.49. The molecule has 0 aliphatic carbocycles. The number of thioether (sulfide) groups is 1. The van der Waals surface area contributed by atoms with Crippen molar-refractivity contribution in [3.8, 4) is 11.5 Å². The summed E-state index contributed by atoms with van der Waals surface area (Å²) in [5.41, 5.74) is 2.18. The molecule has 0 saturated carbocycles. The van der Waals surface area contributed by atoms with E-state index in [4.69, 9.17) is 30.2 Å². The zero-order valence-corrected chi connectivity index (χ0v) is 15.1.